The van der Waals surface area contributed by atoms with Gasteiger partial charge in [0.1, 0.15) is 5.69 Å². The van der Waals surface area contributed by atoms with E-state index in [0.29, 0.717) is 18.3 Å². The molecule has 0 aliphatic carbocycles. The van der Waals surface area contributed by atoms with Crippen molar-refractivity contribution in [2.75, 3.05) is 33.4 Å². The molecule has 1 aliphatic heterocycles. The van der Waals surface area contributed by atoms with Crippen molar-refractivity contribution >= 4 is 5.91 Å². The number of methoxy groups -OCH3 is 1. The quantitative estimate of drug-likeness (QED) is 0.694. The fraction of sp³-hybridized carbons (Fsp3) is 0.643. The van der Waals surface area contributed by atoms with Crippen molar-refractivity contribution in [3.05, 3.63) is 24.0 Å². The topological polar surface area (TPSA) is 75.5 Å². The van der Waals surface area contributed by atoms with Crippen LogP contribution in [0, 0.1) is 0 Å². The van der Waals surface area contributed by atoms with Crippen molar-refractivity contribution in [2.45, 2.75) is 24.9 Å². The van der Waals surface area contributed by atoms with Crippen LogP contribution in [0.1, 0.15) is 29.4 Å². The Labute approximate surface area is 119 Å². The number of aliphatic hydroxyl groups is 1. The second kappa shape index (κ2) is 7.42. The van der Waals surface area contributed by atoms with Gasteiger partial charge in [0.15, 0.2) is 0 Å². The van der Waals surface area contributed by atoms with Gasteiger partial charge in [0.25, 0.3) is 5.91 Å². The number of nitrogens with one attached hydrogen (secondary N) is 2. The molecule has 1 unspecified atom stereocenters. The molecule has 0 spiro atoms. The van der Waals surface area contributed by atoms with E-state index in [1.807, 2.05) is 22.9 Å². The Morgan fingerprint density at radius 3 is 3.00 bits per heavy atom. The lowest BCUT2D eigenvalue weighted by atomic mass is 10.1. The van der Waals surface area contributed by atoms with Gasteiger partial charge in [-0.2, -0.15) is 0 Å². The minimum absolute atomic E-state index is 0.131. The maximum atomic E-state index is 12.3. The molecule has 0 aromatic carbocycles. The summed E-state index contributed by atoms with van der Waals surface area (Å²) in [5, 5.41) is 15.3. The molecule has 1 fully saturated rings. The highest BCUT2D eigenvalue weighted by Crippen LogP contribution is 2.21. The van der Waals surface area contributed by atoms with Gasteiger partial charge in [0.2, 0.25) is 0 Å². The number of amides is 1. The van der Waals surface area contributed by atoms with Crippen molar-refractivity contribution in [2.24, 2.45) is 0 Å². The van der Waals surface area contributed by atoms with Gasteiger partial charge < -0.3 is 25.0 Å². The van der Waals surface area contributed by atoms with Crippen LogP contribution in [0.2, 0.25) is 0 Å². The van der Waals surface area contributed by atoms with Gasteiger partial charge >= 0.3 is 0 Å². The molecular formula is C14H23N3O3. The first-order chi connectivity index (χ1) is 9.76. The van der Waals surface area contributed by atoms with Gasteiger partial charge in [-0.1, -0.05) is 0 Å². The summed E-state index contributed by atoms with van der Waals surface area (Å²) in [6, 6.07) is 3.70. The van der Waals surface area contributed by atoms with Crippen LogP contribution in [0.4, 0.5) is 0 Å². The third-order valence-corrected chi connectivity index (χ3v) is 3.64. The highest BCUT2D eigenvalue weighted by atomic mass is 16.5. The average Bonchev–Trinajstić information content (AvgIpc) is 2.97. The van der Waals surface area contributed by atoms with Gasteiger partial charge in [0, 0.05) is 19.3 Å². The molecule has 0 saturated carbocycles. The third kappa shape index (κ3) is 3.59. The molecule has 1 aromatic heterocycles. The Hall–Kier alpha value is -1.37. The van der Waals surface area contributed by atoms with Crippen LogP contribution in [0.3, 0.4) is 0 Å². The molecule has 1 aliphatic rings. The van der Waals surface area contributed by atoms with Crippen LogP contribution in [0.25, 0.3) is 0 Å². The van der Waals surface area contributed by atoms with E-state index in [4.69, 9.17) is 4.74 Å². The standard InChI is InChI=1S/C14H23N3O3/c1-20-10-11(9-18)16-14(19)13-3-2-8-17(13)12-4-6-15-7-5-12/h2-3,8,11-12,15,18H,4-7,9-10H2,1H3,(H,16,19). The fourth-order valence-electron chi connectivity index (χ4n) is 2.59. The monoisotopic (exact) mass is 281 g/mol. The molecule has 6 heteroatoms. The molecule has 0 bridgehead atoms. The van der Waals surface area contributed by atoms with Crippen molar-refractivity contribution in [1.82, 2.24) is 15.2 Å². The maximum absolute atomic E-state index is 12.3. The zero-order chi connectivity index (χ0) is 14.4. The number of aliphatic hydroxyl groups excluding tert-OH is 1. The molecule has 20 heavy (non-hydrogen) atoms. The highest BCUT2D eigenvalue weighted by molar-refractivity contribution is 5.93. The lowest BCUT2D eigenvalue weighted by molar-refractivity contribution is 0.0828. The molecule has 6 nitrogen and oxygen atoms in total. The number of hydrogen-bond donors (Lipinski definition) is 3. The Morgan fingerprint density at radius 1 is 1.60 bits per heavy atom. The van der Waals surface area contributed by atoms with Gasteiger partial charge in [-0.25, -0.2) is 0 Å². The summed E-state index contributed by atoms with van der Waals surface area (Å²) in [5.41, 5.74) is 0.645. The van der Waals surface area contributed by atoms with Crippen molar-refractivity contribution in [1.29, 1.82) is 0 Å². The van der Waals surface area contributed by atoms with E-state index in [0.717, 1.165) is 25.9 Å². The summed E-state index contributed by atoms with van der Waals surface area (Å²) >= 11 is 0. The Kier molecular flexibility index (Phi) is 5.58. The van der Waals surface area contributed by atoms with Crippen LogP contribution >= 0.6 is 0 Å². The fourth-order valence-corrected chi connectivity index (χ4v) is 2.59. The van der Waals surface area contributed by atoms with E-state index >= 15 is 0 Å². The first-order valence-electron chi connectivity index (χ1n) is 7.04. The number of carbonyl (C=O) groups is 1. The summed E-state index contributed by atoms with van der Waals surface area (Å²) in [6.07, 6.45) is 4.00. The summed E-state index contributed by atoms with van der Waals surface area (Å²) in [4.78, 5) is 12.3. The minimum atomic E-state index is -0.371. The van der Waals surface area contributed by atoms with E-state index in [-0.39, 0.29) is 18.6 Å². The molecule has 1 aromatic rings. The number of aromatic nitrogens is 1. The minimum Gasteiger partial charge on any atom is -0.394 e. The van der Waals surface area contributed by atoms with E-state index in [1.165, 1.54) is 0 Å². The predicted octanol–water partition coefficient (Wildman–Crippen LogP) is 0.150. The van der Waals surface area contributed by atoms with Crippen molar-refractivity contribution in [3.63, 3.8) is 0 Å². The second-order valence-electron chi connectivity index (χ2n) is 5.09. The van der Waals surface area contributed by atoms with Crippen LogP contribution < -0.4 is 10.6 Å². The van der Waals surface area contributed by atoms with Gasteiger partial charge in [-0.05, 0) is 38.1 Å². The lowest BCUT2D eigenvalue weighted by Gasteiger charge is -2.26. The van der Waals surface area contributed by atoms with E-state index in [1.54, 1.807) is 7.11 Å². The summed E-state index contributed by atoms with van der Waals surface area (Å²) in [5.74, 6) is -0.162. The number of hydrogen-bond acceptors (Lipinski definition) is 4. The van der Waals surface area contributed by atoms with Crippen molar-refractivity contribution in [3.8, 4) is 0 Å². The number of rotatable bonds is 6. The smallest absolute Gasteiger partial charge is 0.268 e. The molecule has 2 heterocycles. The number of ether oxygens (including phenoxy) is 1. The average molecular weight is 281 g/mol. The Balaban J connectivity index is 2.04. The van der Waals surface area contributed by atoms with E-state index in [9.17, 15) is 9.90 Å². The Bertz CT molecular complexity index is 427. The first kappa shape index (κ1) is 15.0. The molecule has 0 radical (unpaired) electrons. The molecule has 1 amide bonds. The van der Waals surface area contributed by atoms with E-state index in [2.05, 4.69) is 10.6 Å². The zero-order valence-corrected chi connectivity index (χ0v) is 11.8. The normalized spacial score (nSPS) is 17.9. The van der Waals surface area contributed by atoms with E-state index < -0.39 is 0 Å². The summed E-state index contributed by atoms with van der Waals surface area (Å²) < 4.78 is 7.01. The molecular weight excluding hydrogens is 258 g/mol. The Morgan fingerprint density at radius 2 is 2.35 bits per heavy atom. The van der Waals surface area contributed by atoms with Crippen molar-refractivity contribution < 1.29 is 14.6 Å². The highest BCUT2D eigenvalue weighted by Gasteiger charge is 2.21. The molecule has 112 valence electrons. The lowest BCUT2D eigenvalue weighted by Crippen LogP contribution is -2.41. The summed E-state index contributed by atoms with van der Waals surface area (Å²) in [6.45, 7) is 2.13. The number of piperidine rings is 1. The van der Waals surface area contributed by atoms with Gasteiger partial charge in [-0.3, -0.25) is 4.79 Å². The second-order valence-corrected chi connectivity index (χ2v) is 5.09. The van der Waals surface area contributed by atoms with Crippen LogP contribution in [0.5, 0.6) is 0 Å². The van der Waals surface area contributed by atoms with Crippen LogP contribution in [-0.2, 0) is 4.74 Å². The largest absolute Gasteiger partial charge is 0.394 e. The predicted molar refractivity (Wildman–Crippen MR) is 75.8 cm³/mol. The molecule has 2 rings (SSSR count). The van der Waals surface area contributed by atoms with Crippen LogP contribution in [-0.4, -0.2) is 55.0 Å². The molecule has 3 N–H and O–H groups in total. The van der Waals surface area contributed by atoms with Gasteiger partial charge in [0.05, 0.1) is 19.3 Å². The molecule has 1 saturated heterocycles. The maximum Gasteiger partial charge on any atom is 0.268 e. The SMILES string of the molecule is COCC(CO)NC(=O)c1cccn1C1CCNCC1. The van der Waals surface area contributed by atoms with Crippen LogP contribution in [0.15, 0.2) is 18.3 Å². The number of nitrogens with zero attached hydrogens (tertiary/aromatic N) is 1. The number of carbonyl (C=O) groups excluding carboxylic acids is 1. The van der Waals surface area contributed by atoms with Gasteiger partial charge in [-0.15, -0.1) is 0 Å². The first-order valence-corrected chi connectivity index (χ1v) is 7.04. The third-order valence-electron chi connectivity index (χ3n) is 3.64. The molecule has 1 atom stereocenters. The summed E-state index contributed by atoms with van der Waals surface area (Å²) in [7, 11) is 1.55. The zero-order valence-electron chi connectivity index (χ0n) is 11.8.